The molecule has 82 valence electrons. The van der Waals surface area contributed by atoms with E-state index in [1.54, 1.807) is 6.33 Å². The van der Waals surface area contributed by atoms with Gasteiger partial charge >= 0.3 is 5.97 Å². The molecule has 1 aromatic rings. The van der Waals surface area contributed by atoms with E-state index in [-0.39, 0.29) is 12.5 Å². The summed E-state index contributed by atoms with van der Waals surface area (Å²) in [7, 11) is 1.40. The lowest BCUT2D eigenvalue weighted by Crippen LogP contribution is -2.19. The Hall–Kier alpha value is -1.36. The van der Waals surface area contributed by atoms with E-state index in [0.717, 1.165) is 18.7 Å². The summed E-state index contributed by atoms with van der Waals surface area (Å²) in [6.45, 7) is 1.28. The van der Waals surface area contributed by atoms with Crippen LogP contribution in [0.5, 0.6) is 0 Å². The van der Waals surface area contributed by atoms with Gasteiger partial charge in [0.1, 0.15) is 6.54 Å². The number of esters is 1. The van der Waals surface area contributed by atoms with Crippen molar-refractivity contribution in [1.82, 2.24) is 14.9 Å². The fourth-order valence-electron chi connectivity index (χ4n) is 1.89. The van der Waals surface area contributed by atoms with Crippen molar-refractivity contribution < 1.29 is 9.53 Å². The molecule has 0 bridgehead atoms. The van der Waals surface area contributed by atoms with Crippen molar-refractivity contribution in [3.8, 4) is 0 Å². The maximum absolute atomic E-state index is 11.2. The lowest BCUT2D eigenvalue weighted by atomic mass is 10.2. The number of imidazole rings is 1. The quantitative estimate of drug-likeness (QED) is 0.736. The number of hydrogen-bond acceptors (Lipinski definition) is 4. The zero-order chi connectivity index (χ0) is 10.7. The van der Waals surface area contributed by atoms with Gasteiger partial charge in [-0.1, -0.05) is 0 Å². The lowest BCUT2D eigenvalue weighted by Gasteiger charge is -2.12. The Morgan fingerprint density at radius 1 is 1.80 bits per heavy atom. The number of carbonyl (C=O) groups excluding carboxylic acids is 1. The fraction of sp³-hybridized carbons (Fsp3) is 0.600. The van der Waals surface area contributed by atoms with Gasteiger partial charge in [-0.05, 0) is 19.4 Å². The molecular formula is C10H15N3O2. The molecule has 0 spiro atoms. The highest BCUT2D eigenvalue weighted by atomic mass is 16.5. The van der Waals surface area contributed by atoms with Crippen molar-refractivity contribution in [2.75, 3.05) is 13.7 Å². The molecule has 0 radical (unpaired) electrons. The van der Waals surface area contributed by atoms with E-state index < -0.39 is 0 Å². The fourth-order valence-corrected chi connectivity index (χ4v) is 1.89. The van der Waals surface area contributed by atoms with Crippen LogP contribution < -0.4 is 5.32 Å². The van der Waals surface area contributed by atoms with E-state index in [4.69, 9.17) is 0 Å². The van der Waals surface area contributed by atoms with E-state index in [0.29, 0.717) is 6.04 Å². The minimum atomic E-state index is -0.243. The summed E-state index contributed by atoms with van der Waals surface area (Å²) in [4.78, 5) is 15.2. The molecule has 2 rings (SSSR count). The molecule has 1 N–H and O–H groups in total. The van der Waals surface area contributed by atoms with Crippen LogP contribution >= 0.6 is 0 Å². The van der Waals surface area contributed by atoms with Gasteiger partial charge in [0.15, 0.2) is 0 Å². The number of methoxy groups -OCH3 is 1. The van der Waals surface area contributed by atoms with E-state index in [1.807, 2.05) is 10.8 Å². The molecule has 2 heterocycles. The normalized spacial score (nSPS) is 20.5. The molecule has 1 atom stereocenters. The van der Waals surface area contributed by atoms with Gasteiger partial charge in [0, 0.05) is 12.2 Å². The maximum Gasteiger partial charge on any atom is 0.325 e. The van der Waals surface area contributed by atoms with Crippen LogP contribution in [0, 0.1) is 0 Å². The highest BCUT2D eigenvalue weighted by Crippen LogP contribution is 2.22. The largest absolute Gasteiger partial charge is 0.468 e. The molecule has 0 aromatic carbocycles. The Morgan fingerprint density at radius 3 is 3.33 bits per heavy atom. The topological polar surface area (TPSA) is 56.2 Å². The Morgan fingerprint density at radius 2 is 2.67 bits per heavy atom. The Kier molecular flexibility index (Phi) is 3.01. The number of nitrogens with one attached hydrogen (secondary N) is 1. The number of aromatic nitrogens is 2. The Bertz CT molecular complexity index is 342. The number of ether oxygens (including phenoxy) is 1. The molecule has 1 unspecified atom stereocenters. The van der Waals surface area contributed by atoms with Gasteiger partial charge in [0.2, 0.25) is 0 Å². The first-order chi connectivity index (χ1) is 7.31. The van der Waals surface area contributed by atoms with Crippen molar-refractivity contribution >= 4 is 5.97 Å². The van der Waals surface area contributed by atoms with Gasteiger partial charge in [-0.15, -0.1) is 0 Å². The third-order valence-corrected chi connectivity index (χ3v) is 2.69. The van der Waals surface area contributed by atoms with Gasteiger partial charge < -0.3 is 14.6 Å². The van der Waals surface area contributed by atoms with Gasteiger partial charge in [-0.25, -0.2) is 4.98 Å². The van der Waals surface area contributed by atoms with E-state index >= 15 is 0 Å². The molecule has 0 amide bonds. The SMILES string of the molecule is COC(=O)Cn1cncc1C1CCCN1. The van der Waals surface area contributed by atoms with E-state index in [1.165, 1.54) is 13.5 Å². The maximum atomic E-state index is 11.2. The van der Waals surface area contributed by atoms with Crippen molar-refractivity contribution in [2.24, 2.45) is 0 Å². The van der Waals surface area contributed by atoms with Gasteiger partial charge in [-0.2, -0.15) is 0 Å². The molecule has 5 nitrogen and oxygen atoms in total. The zero-order valence-corrected chi connectivity index (χ0v) is 8.77. The summed E-state index contributed by atoms with van der Waals surface area (Å²) in [5.74, 6) is -0.243. The molecule has 1 aliphatic heterocycles. The number of rotatable bonds is 3. The molecule has 5 heteroatoms. The third-order valence-electron chi connectivity index (χ3n) is 2.69. The van der Waals surface area contributed by atoms with Crippen LogP contribution in [0.4, 0.5) is 0 Å². The van der Waals surface area contributed by atoms with Crippen molar-refractivity contribution in [2.45, 2.75) is 25.4 Å². The van der Waals surface area contributed by atoms with Crippen molar-refractivity contribution in [1.29, 1.82) is 0 Å². The molecule has 0 saturated carbocycles. The van der Waals surface area contributed by atoms with Gasteiger partial charge in [-0.3, -0.25) is 4.79 Å². The number of carbonyl (C=O) groups is 1. The third kappa shape index (κ3) is 2.18. The first-order valence-electron chi connectivity index (χ1n) is 5.11. The average molecular weight is 209 g/mol. The van der Waals surface area contributed by atoms with Gasteiger partial charge in [0.25, 0.3) is 0 Å². The molecule has 1 aliphatic rings. The standard InChI is InChI=1S/C10H15N3O2/c1-15-10(14)6-13-7-11-5-9(13)8-3-2-4-12-8/h5,7-8,12H,2-4,6H2,1H3. The van der Waals surface area contributed by atoms with Crippen LogP contribution in [0.15, 0.2) is 12.5 Å². The summed E-state index contributed by atoms with van der Waals surface area (Å²) < 4.78 is 6.48. The summed E-state index contributed by atoms with van der Waals surface area (Å²) in [6.07, 6.45) is 5.76. The highest BCUT2D eigenvalue weighted by molar-refractivity contribution is 5.69. The monoisotopic (exact) mass is 209 g/mol. The van der Waals surface area contributed by atoms with Crippen molar-refractivity contribution in [3.05, 3.63) is 18.2 Å². The van der Waals surface area contributed by atoms with Crippen LogP contribution in [0.3, 0.4) is 0 Å². The van der Waals surface area contributed by atoms with E-state index in [2.05, 4.69) is 15.0 Å². The predicted octanol–water partition coefficient (Wildman–Crippen LogP) is 0.481. The smallest absolute Gasteiger partial charge is 0.325 e. The van der Waals surface area contributed by atoms with Crippen LogP contribution in [0.25, 0.3) is 0 Å². The minimum absolute atomic E-state index is 0.240. The molecule has 0 aliphatic carbocycles. The summed E-state index contributed by atoms with van der Waals surface area (Å²) in [6, 6.07) is 0.331. The summed E-state index contributed by atoms with van der Waals surface area (Å²) >= 11 is 0. The van der Waals surface area contributed by atoms with E-state index in [9.17, 15) is 4.79 Å². The van der Waals surface area contributed by atoms with Crippen molar-refractivity contribution in [3.63, 3.8) is 0 Å². The Labute approximate surface area is 88.4 Å². The number of hydrogen-bond donors (Lipinski definition) is 1. The van der Waals surface area contributed by atoms with Crippen LogP contribution in [-0.4, -0.2) is 29.2 Å². The second-order valence-electron chi connectivity index (χ2n) is 3.67. The highest BCUT2D eigenvalue weighted by Gasteiger charge is 2.20. The minimum Gasteiger partial charge on any atom is -0.468 e. The second kappa shape index (κ2) is 4.44. The Balaban J connectivity index is 2.10. The predicted molar refractivity (Wildman–Crippen MR) is 54.2 cm³/mol. The molecule has 1 aromatic heterocycles. The molecule has 1 saturated heterocycles. The summed E-state index contributed by atoms with van der Waals surface area (Å²) in [5.41, 5.74) is 1.07. The zero-order valence-electron chi connectivity index (χ0n) is 8.77. The van der Waals surface area contributed by atoms with Crippen LogP contribution in [-0.2, 0) is 16.1 Å². The number of nitrogens with zero attached hydrogens (tertiary/aromatic N) is 2. The molecular weight excluding hydrogens is 194 g/mol. The first kappa shape index (κ1) is 10.2. The van der Waals surface area contributed by atoms with Crippen LogP contribution in [0.2, 0.25) is 0 Å². The lowest BCUT2D eigenvalue weighted by molar-refractivity contribution is -0.141. The van der Waals surface area contributed by atoms with Crippen LogP contribution in [0.1, 0.15) is 24.6 Å². The average Bonchev–Trinajstić information content (AvgIpc) is 2.86. The van der Waals surface area contributed by atoms with Gasteiger partial charge in [0.05, 0.1) is 19.1 Å². The summed E-state index contributed by atoms with van der Waals surface area (Å²) in [5, 5.41) is 3.38. The first-order valence-corrected chi connectivity index (χ1v) is 5.11. The molecule has 15 heavy (non-hydrogen) atoms. The second-order valence-corrected chi connectivity index (χ2v) is 3.67. The molecule has 1 fully saturated rings.